The average molecular weight is 343 g/mol. The molecule has 1 N–H and O–H groups in total. The van der Waals surface area contributed by atoms with Crippen molar-refractivity contribution >= 4 is 11.7 Å². The van der Waals surface area contributed by atoms with Crippen molar-refractivity contribution in [1.29, 1.82) is 0 Å². The van der Waals surface area contributed by atoms with Gasteiger partial charge < -0.3 is 14.8 Å². The number of hydrogen-bond acceptors (Lipinski definition) is 4. The molecule has 3 atom stereocenters. The molecule has 4 rings (SSSR count). The van der Waals surface area contributed by atoms with Crippen LogP contribution in [0.3, 0.4) is 0 Å². The zero-order valence-electron chi connectivity index (χ0n) is 15.1. The molecule has 1 saturated heterocycles. The van der Waals surface area contributed by atoms with Crippen LogP contribution in [0, 0.1) is 11.8 Å². The Morgan fingerprint density at radius 3 is 2.88 bits per heavy atom. The van der Waals surface area contributed by atoms with Gasteiger partial charge in [-0.3, -0.25) is 0 Å². The second-order valence-electron chi connectivity index (χ2n) is 7.75. The monoisotopic (exact) mass is 343 g/mol. The first-order valence-electron chi connectivity index (χ1n) is 9.97. The third-order valence-corrected chi connectivity index (χ3v) is 6.11. The lowest BCUT2D eigenvalue weighted by atomic mass is 9.73. The van der Waals surface area contributed by atoms with E-state index in [2.05, 4.69) is 5.32 Å². The molecule has 0 aromatic heterocycles. The Labute approximate surface area is 150 Å². The standard InChI is InChI=1S/C21H29NO3/c1-2-11-25-21(23)15-8-9-18-17(13-15)20-16(10-12-24-20)19(22-18)14-6-4-3-5-7-14/h8-9,13-14,16,19-20,22H,2-7,10-12H2,1H3/t16-,19-,20-/m0/s1. The van der Waals surface area contributed by atoms with Gasteiger partial charge >= 0.3 is 5.97 Å². The van der Waals surface area contributed by atoms with Crippen molar-refractivity contribution in [1.82, 2.24) is 0 Å². The molecule has 1 aliphatic carbocycles. The van der Waals surface area contributed by atoms with E-state index < -0.39 is 0 Å². The van der Waals surface area contributed by atoms with Crippen molar-refractivity contribution in [2.75, 3.05) is 18.5 Å². The molecular weight excluding hydrogens is 314 g/mol. The van der Waals surface area contributed by atoms with E-state index in [1.807, 2.05) is 25.1 Å². The van der Waals surface area contributed by atoms with Crippen LogP contribution < -0.4 is 5.32 Å². The van der Waals surface area contributed by atoms with Gasteiger partial charge in [0.05, 0.1) is 18.3 Å². The first-order chi connectivity index (χ1) is 12.3. The maximum atomic E-state index is 12.2. The lowest BCUT2D eigenvalue weighted by molar-refractivity contribution is 0.0503. The minimum atomic E-state index is -0.228. The van der Waals surface area contributed by atoms with Crippen molar-refractivity contribution in [3.63, 3.8) is 0 Å². The van der Waals surface area contributed by atoms with Crippen LogP contribution in [0.4, 0.5) is 5.69 Å². The Bertz CT molecular complexity index is 624. The number of hydrogen-bond donors (Lipinski definition) is 1. The summed E-state index contributed by atoms with van der Waals surface area (Å²) in [6.45, 7) is 3.30. The zero-order valence-corrected chi connectivity index (χ0v) is 15.1. The van der Waals surface area contributed by atoms with E-state index in [1.165, 1.54) is 32.1 Å². The van der Waals surface area contributed by atoms with E-state index >= 15 is 0 Å². The number of rotatable bonds is 4. The minimum Gasteiger partial charge on any atom is -0.462 e. The molecule has 4 heteroatoms. The van der Waals surface area contributed by atoms with Crippen LogP contribution in [0.15, 0.2) is 18.2 Å². The third-order valence-electron chi connectivity index (χ3n) is 6.11. The average Bonchev–Trinajstić information content (AvgIpc) is 3.16. The first kappa shape index (κ1) is 16.9. The van der Waals surface area contributed by atoms with Gasteiger partial charge in [-0.05, 0) is 49.8 Å². The minimum absolute atomic E-state index is 0.127. The maximum Gasteiger partial charge on any atom is 0.338 e. The highest BCUT2D eigenvalue weighted by Crippen LogP contribution is 2.48. The van der Waals surface area contributed by atoms with E-state index in [0.717, 1.165) is 36.6 Å². The topological polar surface area (TPSA) is 47.6 Å². The molecule has 0 spiro atoms. The predicted octanol–water partition coefficient (Wildman–Crippen LogP) is 4.71. The lowest BCUT2D eigenvalue weighted by Gasteiger charge is -2.42. The molecule has 1 saturated carbocycles. The summed E-state index contributed by atoms with van der Waals surface area (Å²) in [5.74, 6) is 1.05. The molecule has 0 amide bonds. The molecule has 4 nitrogen and oxygen atoms in total. The van der Waals surface area contributed by atoms with E-state index in [9.17, 15) is 4.79 Å². The van der Waals surface area contributed by atoms with Gasteiger partial charge in [0.2, 0.25) is 0 Å². The van der Waals surface area contributed by atoms with E-state index in [1.54, 1.807) is 0 Å². The molecule has 2 fully saturated rings. The highest BCUT2D eigenvalue weighted by Gasteiger charge is 2.44. The maximum absolute atomic E-state index is 12.2. The van der Waals surface area contributed by atoms with Crippen LogP contribution in [0.2, 0.25) is 0 Å². The molecule has 2 aliphatic heterocycles. The summed E-state index contributed by atoms with van der Waals surface area (Å²) in [6.07, 6.45) is 8.84. The number of fused-ring (bicyclic) bond motifs is 3. The second-order valence-corrected chi connectivity index (χ2v) is 7.75. The number of carbonyl (C=O) groups excluding carboxylic acids is 1. The van der Waals surface area contributed by atoms with Gasteiger partial charge in [0.1, 0.15) is 0 Å². The number of benzene rings is 1. The Balaban J connectivity index is 1.59. The van der Waals surface area contributed by atoms with Crippen LogP contribution in [0.25, 0.3) is 0 Å². The SMILES string of the molecule is CCCOC(=O)c1ccc2c(c1)[C@H]1OCC[C@H]1[C@H](C1CCCCC1)N2. The molecule has 1 aromatic carbocycles. The second kappa shape index (κ2) is 7.36. The smallest absolute Gasteiger partial charge is 0.338 e. The number of carbonyl (C=O) groups is 1. The lowest BCUT2D eigenvalue weighted by Crippen LogP contribution is -2.42. The highest BCUT2D eigenvalue weighted by atomic mass is 16.5. The molecule has 136 valence electrons. The van der Waals surface area contributed by atoms with Crippen molar-refractivity contribution in [3.05, 3.63) is 29.3 Å². The van der Waals surface area contributed by atoms with Crippen LogP contribution >= 0.6 is 0 Å². The Morgan fingerprint density at radius 1 is 1.24 bits per heavy atom. The van der Waals surface area contributed by atoms with E-state index in [4.69, 9.17) is 9.47 Å². The van der Waals surface area contributed by atoms with E-state index in [-0.39, 0.29) is 12.1 Å². The summed E-state index contributed by atoms with van der Waals surface area (Å²) in [6, 6.07) is 6.43. The van der Waals surface area contributed by atoms with Gasteiger partial charge in [-0.25, -0.2) is 4.79 Å². The quantitative estimate of drug-likeness (QED) is 0.805. The van der Waals surface area contributed by atoms with Crippen molar-refractivity contribution in [2.45, 2.75) is 64.0 Å². The first-order valence-corrected chi connectivity index (χ1v) is 9.97. The molecule has 2 heterocycles. The van der Waals surface area contributed by atoms with Crippen molar-refractivity contribution < 1.29 is 14.3 Å². The number of ether oxygens (including phenoxy) is 2. The van der Waals surface area contributed by atoms with Gasteiger partial charge in [-0.2, -0.15) is 0 Å². The zero-order chi connectivity index (χ0) is 17.2. The Kier molecular flexibility index (Phi) is 4.98. The van der Waals surface area contributed by atoms with Crippen molar-refractivity contribution in [2.24, 2.45) is 11.8 Å². The molecule has 0 bridgehead atoms. The van der Waals surface area contributed by atoms with Crippen LogP contribution in [0.5, 0.6) is 0 Å². The summed E-state index contributed by atoms with van der Waals surface area (Å²) in [5, 5.41) is 3.82. The van der Waals surface area contributed by atoms with E-state index in [0.29, 0.717) is 24.1 Å². The van der Waals surface area contributed by atoms with Crippen LogP contribution in [-0.4, -0.2) is 25.2 Å². The molecule has 0 radical (unpaired) electrons. The highest BCUT2D eigenvalue weighted by molar-refractivity contribution is 5.90. The largest absolute Gasteiger partial charge is 0.462 e. The number of esters is 1. The van der Waals surface area contributed by atoms with Crippen LogP contribution in [-0.2, 0) is 9.47 Å². The molecule has 1 aromatic rings. The summed E-state index contributed by atoms with van der Waals surface area (Å²) in [5.41, 5.74) is 2.92. The molecule has 3 aliphatic rings. The number of nitrogens with one attached hydrogen (secondary N) is 1. The normalized spacial score (nSPS) is 28.8. The Hall–Kier alpha value is -1.55. The summed E-state index contributed by atoms with van der Waals surface area (Å²) in [4.78, 5) is 12.2. The van der Waals surface area contributed by atoms with Gasteiger partial charge in [0.25, 0.3) is 0 Å². The summed E-state index contributed by atoms with van der Waals surface area (Å²) in [7, 11) is 0. The fourth-order valence-electron chi connectivity index (χ4n) is 4.88. The van der Waals surface area contributed by atoms with Crippen molar-refractivity contribution in [3.8, 4) is 0 Å². The Morgan fingerprint density at radius 2 is 2.08 bits per heavy atom. The van der Waals surface area contributed by atoms with Gasteiger partial charge in [0, 0.05) is 29.8 Å². The van der Waals surface area contributed by atoms with Gasteiger partial charge in [-0.15, -0.1) is 0 Å². The molecule has 25 heavy (non-hydrogen) atoms. The number of anilines is 1. The summed E-state index contributed by atoms with van der Waals surface area (Å²) >= 11 is 0. The van der Waals surface area contributed by atoms with Gasteiger partial charge in [-0.1, -0.05) is 26.2 Å². The summed E-state index contributed by atoms with van der Waals surface area (Å²) < 4.78 is 11.4. The van der Waals surface area contributed by atoms with Crippen LogP contribution in [0.1, 0.15) is 73.9 Å². The fourth-order valence-corrected chi connectivity index (χ4v) is 4.88. The molecular formula is C21H29NO3. The third kappa shape index (κ3) is 3.29. The van der Waals surface area contributed by atoms with Gasteiger partial charge in [0.15, 0.2) is 0 Å². The molecule has 0 unspecified atom stereocenters. The predicted molar refractivity (Wildman–Crippen MR) is 97.8 cm³/mol. The fraction of sp³-hybridized carbons (Fsp3) is 0.667.